The first-order valence-corrected chi connectivity index (χ1v) is 9.14. The number of ether oxygens (including phenoxy) is 2. The van der Waals surface area contributed by atoms with E-state index in [9.17, 15) is 9.59 Å². The molecule has 0 fully saturated rings. The number of benzene rings is 2. The predicted octanol–water partition coefficient (Wildman–Crippen LogP) is 3.31. The van der Waals surface area contributed by atoms with Gasteiger partial charge < -0.3 is 14.8 Å². The lowest BCUT2D eigenvalue weighted by Gasteiger charge is -2.16. The van der Waals surface area contributed by atoms with E-state index in [0.29, 0.717) is 11.3 Å². The Bertz CT molecular complexity index is 838. The lowest BCUT2D eigenvalue weighted by molar-refractivity contribution is -0.154. The molecule has 28 heavy (non-hydrogen) atoms. The minimum atomic E-state index is -0.875. The van der Waals surface area contributed by atoms with Crippen LogP contribution in [0.15, 0.2) is 48.5 Å². The maximum absolute atomic E-state index is 12.0. The van der Waals surface area contributed by atoms with Gasteiger partial charge in [0.05, 0.1) is 17.7 Å². The summed E-state index contributed by atoms with van der Waals surface area (Å²) in [6.07, 6.45) is 0.0828. The second kappa shape index (κ2) is 10.1. The molecular formula is C22H24N2O4. The summed E-state index contributed by atoms with van der Waals surface area (Å²) < 4.78 is 10.5. The van der Waals surface area contributed by atoms with Crippen LogP contribution in [-0.4, -0.2) is 24.6 Å². The van der Waals surface area contributed by atoms with Crippen molar-refractivity contribution in [2.24, 2.45) is 0 Å². The third-order valence-electron chi connectivity index (χ3n) is 4.24. The molecule has 2 aromatic carbocycles. The molecule has 2 atom stereocenters. The number of aryl methyl sites for hydroxylation is 1. The SMILES string of the molecule is CCc1ccc([C@H](C)NC(=O)COC(=O)[C@H](C)Oc2ccc(C#N)cc2)cc1. The van der Waals surface area contributed by atoms with Gasteiger partial charge in [0, 0.05) is 0 Å². The van der Waals surface area contributed by atoms with Crippen molar-refractivity contribution in [3.05, 3.63) is 65.2 Å². The molecule has 0 radical (unpaired) electrons. The molecule has 2 aromatic rings. The fourth-order valence-electron chi connectivity index (χ4n) is 2.52. The van der Waals surface area contributed by atoms with E-state index in [1.807, 2.05) is 37.3 Å². The Balaban J connectivity index is 1.78. The average molecular weight is 380 g/mol. The molecule has 0 spiro atoms. The molecule has 0 heterocycles. The highest BCUT2D eigenvalue weighted by Crippen LogP contribution is 2.15. The monoisotopic (exact) mass is 380 g/mol. The molecule has 6 heteroatoms. The zero-order chi connectivity index (χ0) is 20.5. The van der Waals surface area contributed by atoms with Crippen molar-refractivity contribution in [2.75, 3.05) is 6.61 Å². The van der Waals surface area contributed by atoms with E-state index < -0.39 is 12.1 Å². The largest absolute Gasteiger partial charge is 0.479 e. The number of nitriles is 1. The molecule has 0 aliphatic heterocycles. The number of carbonyl (C=O) groups is 2. The minimum Gasteiger partial charge on any atom is -0.479 e. The van der Waals surface area contributed by atoms with Gasteiger partial charge in [0.2, 0.25) is 0 Å². The Morgan fingerprint density at radius 3 is 2.29 bits per heavy atom. The predicted molar refractivity (Wildman–Crippen MR) is 105 cm³/mol. The molecule has 0 unspecified atom stereocenters. The highest BCUT2D eigenvalue weighted by molar-refractivity contribution is 5.82. The molecule has 0 saturated carbocycles. The van der Waals surface area contributed by atoms with E-state index in [-0.39, 0.29) is 18.6 Å². The standard InChI is InChI=1S/C22H24N2O4/c1-4-17-5-9-19(10-6-17)15(2)24-21(25)14-27-22(26)16(3)28-20-11-7-18(13-23)8-12-20/h5-12,15-16H,4,14H2,1-3H3,(H,24,25)/t15-,16-/m0/s1. The molecule has 0 aliphatic rings. The second-order valence-electron chi connectivity index (χ2n) is 6.39. The first kappa shape index (κ1) is 21.0. The lowest BCUT2D eigenvalue weighted by atomic mass is 10.1. The number of nitrogens with zero attached hydrogens (tertiary/aromatic N) is 1. The Morgan fingerprint density at radius 2 is 1.71 bits per heavy atom. The van der Waals surface area contributed by atoms with Crippen molar-refractivity contribution in [3.8, 4) is 11.8 Å². The molecule has 0 aromatic heterocycles. The van der Waals surface area contributed by atoms with Gasteiger partial charge in [-0.1, -0.05) is 31.2 Å². The Morgan fingerprint density at radius 1 is 1.07 bits per heavy atom. The van der Waals surface area contributed by atoms with Crippen LogP contribution in [-0.2, 0) is 20.7 Å². The van der Waals surface area contributed by atoms with Crippen molar-refractivity contribution in [3.63, 3.8) is 0 Å². The fourth-order valence-corrected chi connectivity index (χ4v) is 2.52. The highest BCUT2D eigenvalue weighted by Gasteiger charge is 2.18. The number of rotatable bonds is 8. The van der Waals surface area contributed by atoms with Gasteiger partial charge in [0.1, 0.15) is 5.75 Å². The van der Waals surface area contributed by atoms with Crippen LogP contribution in [0.5, 0.6) is 5.75 Å². The van der Waals surface area contributed by atoms with Crippen molar-refractivity contribution >= 4 is 11.9 Å². The van der Waals surface area contributed by atoms with Crippen molar-refractivity contribution < 1.29 is 19.1 Å². The summed E-state index contributed by atoms with van der Waals surface area (Å²) in [7, 11) is 0. The Hall–Kier alpha value is -3.33. The summed E-state index contributed by atoms with van der Waals surface area (Å²) in [5.41, 5.74) is 2.71. The second-order valence-corrected chi connectivity index (χ2v) is 6.39. The van der Waals surface area contributed by atoms with E-state index in [1.165, 1.54) is 12.5 Å². The van der Waals surface area contributed by atoms with Gasteiger partial charge in [-0.25, -0.2) is 4.79 Å². The molecule has 1 amide bonds. The molecule has 0 aliphatic carbocycles. The van der Waals surface area contributed by atoms with Crippen molar-refractivity contribution in [2.45, 2.75) is 39.3 Å². The number of hydrogen-bond acceptors (Lipinski definition) is 5. The van der Waals surface area contributed by atoms with Gasteiger partial charge in [0.15, 0.2) is 12.7 Å². The maximum atomic E-state index is 12.0. The van der Waals surface area contributed by atoms with E-state index in [4.69, 9.17) is 14.7 Å². The summed E-state index contributed by atoms with van der Waals surface area (Å²) in [5, 5.41) is 11.6. The van der Waals surface area contributed by atoms with Gasteiger partial charge >= 0.3 is 5.97 Å². The normalized spacial score (nSPS) is 12.4. The molecule has 2 rings (SSSR count). The minimum absolute atomic E-state index is 0.190. The summed E-state index contributed by atoms with van der Waals surface area (Å²) in [4.78, 5) is 24.1. The third kappa shape index (κ3) is 6.13. The van der Waals surface area contributed by atoms with Crippen LogP contribution < -0.4 is 10.1 Å². The van der Waals surface area contributed by atoms with Crippen molar-refractivity contribution in [1.82, 2.24) is 5.32 Å². The highest BCUT2D eigenvalue weighted by atomic mass is 16.6. The molecular weight excluding hydrogens is 356 g/mol. The summed E-state index contributed by atoms with van der Waals surface area (Å²) in [6, 6.07) is 16.2. The molecule has 0 saturated heterocycles. The Kier molecular flexibility index (Phi) is 7.58. The maximum Gasteiger partial charge on any atom is 0.347 e. The summed E-state index contributed by atoms with van der Waals surface area (Å²) >= 11 is 0. The van der Waals surface area contributed by atoms with Gasteiger partial charge in [0.25, 0.3) is 5.91 Å². The number of nitrogens with one attached hydrogen (secondary N) is 1. The number of amides is 1. The lowest BCUT2D eigenvalue weighted by Crippen LogP contribution is -2.34. The summed E-state index contributed by atoms with van der Waals surface area (Å²) in [5.74, 6) is -0.581. The van der Waals surface area contributed by atoms with Gasteiger partial charge in [-0.3, -0.25) is 4.79 Å². The fraction of sp³-hybridized carbons (Fsp3) is 0.318. The summed E-state index contributed by atoms with van der Waals surface area (Å²) in [6.45, 7) is 5.12. The van der Waals surface area contributed by atoms with Crippen molar-refractivity contribution in [1.29, 1.82) is 5.26 Å². The zero-order valence-corrected chi connectivity index (χ0v) is 16.3. The van der Waals surface area contributed by atoms with Crippen LogP contribution in [0.4, 0.5) is 0 Å². The average Bonchev–Trinajstić information content (AvgIpc) is 2.72. The van der Waals surface area contributed by atoms with Crippen LogP contribution >= 0.6 is 0 Å². The molecule has 146 valence electrons. The molecule has 1 N–H and O–H groups in total. The van der Waals surface area contributed by atoms with E-state index in [1.54, 1.807) is 24.3 Å². The van der Waals surface area contributed by atoms with Crippen LogP contribution in [0.1, 0.15) is 43.5 Å². The topological polar surface area (TPSA) is 88.4 Å². The smallest absolute Gasteiger partial charge is 0.347 e. The van der Waals surface area contributed by atoms with Crippen LogP contribution in [0.3, 0.4) is 0 Å². The van der Waals surface area contributed by atoms with Gasteiger partial charge in [-0.05, 0) is 55.7 Å². The van der Waals surface area contributed by atoms with E-state index in [2.05, 4.69) is 12.2 Å². The van der Waals surface area contributed by atoms with Crippen LogP contribution in [0.25, 0.3) is 0 Å². The molecule has 6 nitrogen and oxygen atoms in total. The third-order valence-corrected chi connectivity index (χ3v) is 4.24. The van der Waals surface area contributed by atoms with Crippen LogP contribution in [0, 0.1) is 11.3 Å². The zero-order valence-electron chi connectivity index (χ0n) is 16.3. The van der Waals surface area contributed by atoms with E-state index in [0.717, 1.165) is 12.0 Å². The number of carbonyl (C=O) groups excluding carboxylic acids is 2. The number of hydrogen-bond donors (Lipinski definition) is 1. The number of esters is 1. The van der Waals surface area contributed by atoms with E-state index >= 15 is 0 Å². The first-order chi connectivity index (χ1) is 13.4. The van der Waals surface area contributed by atoms with Gasteiger partial charge in [-0.2, -0.15) is 5.26 Å². The first-order valence-electron chi connectivity index (χ1n) is 9.14. The van der Waals surface area contributed by atoms with Crippen LogP contribution in [0.2, 0.25) is 0 Å². The Labute approximate surface area is 165 Å². The van der Waals surface area contributed by atoms with Gasteiger partial charge in [-0.15, -0.1) is 0 Å². The quantitative estimate of drug-likeness (QED) is 0.710. The molecule has 0 bridgehead atoms.